The Kier molecular flexibility index (Phi) is 3.57. The molecule has 102 valence electrons. The van der Waals surface area contributed by atoms with Crippen LogP contribution in [0, 0.1) is 0 Å². The fourth-order valence-electron chi connectivity index (χ4n) is 3.08. The maximum atomic E-state index is 11.9. The van der Waals surface area contributed by atoms with Gasteiger partial charge in [-0.05, 0) is 37.3 Å². The van der Waals surface area contributed by atoms with Crippen LogP contribution in [0.15, 0.2) is 29.2 Å². The molecule has 0 aliphatic heterocycles. The van der Waals surface area contributed by atoms with Gasteiger partial charge in [0.05, 0.1) is 5.41 Å². The van der Waals surface area contributed by atoms with Crippen LogP contribution in [-0.4, -0.2) is 16.3 Å². The van der Waals surface area contributed by atoms with Crippen LogP contribution in [0.2, 0.25) is 0 Å². The maximum absolute atomic E-state index is 11.9. The van der Waals surface area contributed by atoms with Gasteiger partial charge in [0.15, 0.2) is 0 Å². The topological polar surface area (TPSA) is 37.3 Å². The third kappa shape index (κ3) is 2.53. The fourth-order valence-corrected chi connectivity index (χ4v) is 4.36. The second-order valence-electron chi connectivity index (χ2n) is 5.76. The Bertz CT molecular complexity index is 473. The van der Waals surface area contributed by atoms with Crippen molar-refractivity contribution in [3.05, 3.63) is 29.8 Å². The van der Waals surface area contributed by atoms with Crippen molar-refractivity contribution in [2.45, 2.75) is 60.5 Å². The van der Waals surface area contributed by atoms with Crippen LogP contribution in [0.3, 0.4) is 0 Å². The summed E-state index contributed by atoms with van der Waals surface area (Å²) >= 11 is 1.88. The first-order chi connectivity index (χ1) is 9.22. The van der Waals surface area contributed by atoms with Crippen molar-refractivity contribution >= 4 is 17.7 Å². The number of aliphatic carboxylic acids is 1. The summed E-state index contributed by atoms with van der Waals surface area (Å²) in [6.07, 6.45) is 7.39. The summed E-state index contributed by atoms with van der Waals surface area (Å²) < 4.78 is 0. The molecule has 3 rings (SSSR count). The van der Waals surface area contributed by atoms with Crippen LogP contribution >= 0.6 is 11.8 Å². The summed E-state index contributed by atoms with van der Waals surface area (Å²) in [5.74, 6) is -0.629. The zero-order valence-electron chi connectivity index (χ0n) is 11.1. The third-order valence-corrected chi connectivity index (χ3v) is 5.75. The van der Waals surface area contributed by atoms with Crippen molar-refractivity contribution in [3.63, 3.8) is 0 Å². The van der Waals surface area contributed by atoms with E-state index in [1.54, 1.807) is 0 Å². The molecule has 1 aromatic rings. The average molecular weight is 276 g/mol. The second-order valence-corrected chi connectivity index (χ2v) is 7.10. The summed E-state index contributed by atoms with van der Waals surface area (Å²) in [6.45, 7) is 0. The smallest absolute Gasteiger partial charge is 0.314 e. The summed E-state index contributed by atoms with van der Waals surface area (Å²) in [7, 11) is 0. The number of hydrogen-bond acceptors (Lipinski definition) is 2. The number of hydrogen-bond donors (Lipinski definition) is 1. The van der Waals surface area contributed by atoms with Gasteiger partial charge in [-0.15, -0.1) is 11.8 Å². The molecule has 0 bridgehead atoms. The lowest BCUT2D eigenvalue weighted by Crippen LogP contribution is -2.38. The minimum Gasteiger partial charge on any atom is -0.481 e. The first-order valence-corrected chi connectivity index (χ1v) is 8.10. The Balaban J connectivity index is 1.99. The van der Waals surface area contributed by atoms with Crippen molar-refractivity contribution in [1.82, 2.24) is 0 Å². The lowest BCUT2D eigenvalue weighted by Gasteiger charge is -2.35. The van der Waals surface area contributed by atoms with Crippen molar-refractivity contribution in [1.29, 1.82) is 0 Å². The zero-order chi connectivity index (χ0) is 13.3. The fraction of sp³-hybridized carbons (Fsp3) is 0.562. The highest BCUT2D eigenvalue weighted by molar-refractivity contribution is 8.00. The Hall–Kier alpha value is -0.960. The molecule has 2 fully saturated rings. The van der Waals surface area contributed by atoms with E-state index in [0.717, 1.165) is 36.5 Å². The monoisotopic (exact) mass is 276 g/mol. The maximum Gasteiger partial charge on any atom is 0.314 e. The van der Waals surface area contributed by atoms with Gasteiger partial charge in [-0.2, -0.15) is 0 Å². The quantitative estimate of drug-likeness (QED) is 0.894. The van der Waals surface area contributed by atoms with E-state index in [1.165, 1.54) is 24.2 Å². The molecule has 1 aromatic carbocycles. The number of rotatable bonds is 4. The summed E-state index contributed by atoms with van der Waals surface area (Å²) in [5.41, 5.74) is 0.440. The normalized spacial score (nSPS) is 22.1. The van der Waals surface area contributed by atoms with Gasteiger partial charge in [0, 0.05) is 10.1 Å². The molecule has 0 atom stereocenters. The van der Waals surface area contributed by atoms with Crippen LogP contribution in [-0.2, 0) is 10.2 Å². The summed E-state index contributed by atoms with van der Waals surface area (Å²) in [4.78, 5) is 13.1. The van der Waals surface area contributed by atoms with Crippen LogP contribution in [0.5, 0.6) is 0 Å². The minimum absolute atomic E-state index is 0.628. The van der Waals surface area contributed by atoms with Crippen LogP contribution in [0.25, 0.3) is 0 Å². The van der Waals surface area contributed by atoms with Crippen LogP contribution < -0.4 is 0 Å². The number of carboxylic acids is 1. The Morgan fingerprint density at radius 1 is 1.16 bits per heavy atom. The van der Waals surface area contributed by atoms with Crippen molar-refractivity contribution in [2.75, 3.05) is 0 Å². The summed E-state index contributed by atoms with van der Waals surface area (Å²) in [5, 5.41) is 10.5. The molecule has 0 amide bonds. The first kappa shape index (κ1) is 13.0. The van der Waals surface area contributed by atoms with E-state index in [-0.39, 0.29) is 0 Å². The number of thioether (sulfide) groups is 1. The Labute approximate surface area is 118 Å². The van der Waals surface area contributed by atoms with E-state index < -0.39 is 11.4 Å². The molecule has 0 unspecified atom stereocenters. The lowest BCUT2D eigenvalue weighted by molar-refractivity contribution is -0.145. The molecule has 2 saturated carbocycles. The van der Waals surface area contributed by atoms with E-state index in [0.29, 0.717) is 0 Å². The molecule has 19 heavy (non-hydrogen) atoms. The van der Waals surface area contributed by atoms with Gasteiger partial charge in [-0.25, -0.2) is 0 Å². The molecular formula is C16H20O2S. The predicted molar refractivity (Wildman–Crippen MR) is 77.7 cm³/mol. The molecule has 3 heteroatoms. The molecule has 0 heterocycles. The minimum atomic E-state index is -0.629. The molecule has 2 aliphatic carbocycles. The van der Waals surface area contributed by atoms with Gasteiger partial charge in [0.25, 0.3) is 0 Å². The second kappa shape index (κ2) is 5.20. The van der Waals surface area contributed by atoms with Gasteiger partial charge in [-0.1, -0.05) is 37.5 Å². The van der Waals surface area contributed by atoms with Crippen LogP contribution in [0.4, 0.5) is 0 Å². The zero-order valence-corrected chi connectivity index (χ0v) is 11.9. The molecule has 0 spiro atoms. The van der Waals surface area contributed by atoms with Crippen molar-refractivity contribution in [3.8, 4) is 0 Å². The molecule has 0 radical (unpaired) electrons. The van der Waals surface area contributed by atoms with Crippen molar-refractivity contribution < 1.29 is 9.90 Å². The van der Waals surface area contributed by atoms with Gasteiger partial charge < -0.3 is 5.11 Å². The van der Waals surface area contributed by atoms with E-state index in [4.69, 9.17) is 0 Å². The van der Waals surface area contributed by atoms with Gasteiger partial charge in [0.2, 0.25) is 0 Å². The molecule has 1 N–H and O–H groups in total. The third-order valence-electron chi connectivity index (χ3n) is 4.34. The highest BCUT2D eigenvalue weighted by Crippen LogP contribution is 2.47. The van der Waals surface area contributed by atoms with Gasteiger partial charge in [0.1, 0.15) is 0 Å². The molecular weight excluding hydrogens is 256 g/mol. The van der Waals surface area contributed by atoms with E-state index in [1.807, 2.05) is 30.0 Å². The van der Waals surface area contributed by atoms with Crippen molar-refractivity contribution in [2.24, 2.45) is 0 Å². The predicted octanol–water partition coefficient (Wildman–Crippen LogP) is 4.23. The van der Waals surface area contributed by atoms with E-state index in [9.17, 15) is 9.90 Å². The average Bonchev–Trinajstić information content (AvgIpc) is 3.24. The van der Waals surface area contributed by atoms with Crippen LogP contribution in [0.1, 0.15) is 50.5 Å². The highest BCUT2D eigenvalue weighted by atomic mass is 32.2. The Morgan fingerprint density at radius 3 is 2.47 bits per heavy atom. The highest BCUT2D eigenvalue weighted by Gasteiger charge is 2.43. The molecule has 2 nitrogen and oxygen atoms in total. The molecule has 2 aliphatic rings. The largest absolute Gasteiger partial charge is 0.481 e. The SMILES string of the molecule is O=C(O)C1(c2ccccc2SC2CC2)CCCCC1. The summed E-state index contributed by atoms with van der Waals surface area (Å²) in [6, 6.07) is 8.18. The lowest BCUT2D eigenvalue weighted by atomic mass is 9.69. The van der Waals surface area contributed by atoms with E-state index in [2.05, 4.69) is 6.07 Å². The van der Waals surface area contributed by atoms with Gasteiger partial charge in [-0.3, -0.25) is 4.79 Å². The number of carbonyl (C=O) groups is 1. The number of benzene rings is 1. The number of carboxylic acid groups (broad SMARTS) is 1. The van der Waals surface area contributed by atoms with Gasteiger partial charge >= 0.3 is 5.97 Å². The Morgan fingerprint density at radius 2 is 1.84 bits per heavy atom. The van der Waals surface area contributed by atoms with E-state index >= 15 is 0 Å². The first-order valence-electron chi connectivity index (χ1n) is 7.22. The standard InChI is InChI=1S/C16H20O2S/c17-15(18)16(10-4-1-5-11-16)13-6-2-3-7-14(13)19-12-8-9-12/h2-3,6-7,12H,1,4-5,8-11H2,(H,17,18). The molecule has 0 aromatic heterocycles. The molecule has 0 saturated heterocycles.